The molecule has 2 aromatic rings. The molecule has 0 aliphatic carbocycles. The Bertz CT molecular complexity index is 575. The first-order valence-corrected chi connectivity index (χ1v) is 7.05. The average molecular weight is 289 g/mol. The number of hydrogen-bond acceptors (Lipinski definition) is 6. The van der Waals surface area contributed by atoms with Gasteiger partial charge in [0.1, 0.15) is 18.0 Å². The van der Waals surface area contributed by atoms with Gasteiger partial charge in [-0.3, -0.25) is 0 Å². The largest absolute Gasteiger partial charge is 0.478 e. The molecule has 1 saturated heterocycles. The second-order valence-corrected chi connectivity index (χ2v) is 4.88. The highest BCUT2D eigenvalue weighted by atomic mass is 16.5. The lowest BCUT2D eigenvalue weighted by molar-refractivity contribution is 0.118. The van der Waals surface area contributed by atoms with E-state index in [0.717, 1.165) is 24.6 Å². The molecule has 1 fully saturated rings. The summed E-state index contributed by atoms with van der Waals surface area (Å²) in [4.78, 5) is 18.2. The highest BCUT2D eigenvalue weighted by Gasteiger charge is 2.35. The van der Waals surface area contributed by atoms with Crippen LogP contribution >= 0.6 is 0 Å². The molecule has 112 valence electrons. The summed E-state index contributed by atoms with van der Waals surface area (Å²) in [5, 5.41) is 0. The summed E-state index contributed by atoms with van der Waals surface area (Å²) in [7, 11) is 1.74. The summed E-state index contributed by atoms with van der Waals surface area (Å²) in [5.74, 6) is 2.34. The van der Waals surface area contributed by atoms with E-state index in [1.165, 1.54) is 6.33 Å². The Hall–Kier alpha value is -2.15. The van der Waals surface area contributed by atoms with Crippen LogP contribution in [0.4, 0.5) is 5.82 Å². The maximum absolute atomic E-state index is 5.51. The number of nitrogens with one attached hydrogen (secondary N) is 1. The van der Waals surface area contributed by atoms with Gasteiger partial charge in [-0.05, 0) is 6.92 Å². The zero-order valence-electron chi connectivity index (χ0n) is 12.2. The van der Waals surface area contributed by atoms with E-state index < -0.39 is 0 Å². The summed E-state index contributed by atoms with van der Waals surface area (Å²) in [6.07, 6.45) is 6.15. The Morgan fingerprint density at radius 1 is 1.38 bits per heavy atom. The van der Waals surface area contributed by atoms with E-state index >= 15 is 0 Å². The van der Waals surface area contributed by atoms with Crippen molar-refractivity contribution in [2.75, 3.05) is 25.2 Å². The lowest BCUT2D eigenvalue weighted by Crippen LogP contribution is -2.26. The van der Waals surface area contributed by atoms with E-state index in [2.05, 4.69) is 24.8 Å². The smallest absolute Gasteiger partial charge is 0.218 e. The molecular formula is C14H19N5O2. The summed E-state index contributed by atoms with van der Waals surface area (Å²) in [5.41, 5.74) is 0. The van der Waals surface area contributed by atoms with E-state index in [1.807, 2.05) is 19.2 Å². The molecule has 2 atom stereocenters. The molecule has 0 spiro atoms. The molecule has 1 unspecified atom stereocenters. The molecule has 0 saturated carbocycles. The fourth-order valence-corrected chi connectivity index (χ4v) is 2.65. The van der Waals surface area contributed by atoms with Crippen LogP contribution in [-0.4, -0.2) is 46.3 Å². The van der Waals surface area contributed by atoms with Gasteiger partial charge >= 0.3 is 0 Å². The third-order valence-electron chi connectivity index (χ3n) is 3.65. The van der Waals surface area contributed by atoms with Crippen LogP contribution < -0.4 is 9.64 Å². The fraction of sp³-hybridized carbons (Fsp3) is 0.500. The van der Waals surface area contributed by atoms with Gasteiger partial charge in [-0.15, -0.1) is 0 Å². The molecule has 7 heteroatoms. The van der Waals surface area contributed by atoms with Crippen molar-refractivity contribution < 1.29 is 9.47 Å². The van der Waals surface area contributed by atoms with Crippen molar-refractivity contribution >= 4 is 5.82 Å². The summed E-state index contributed by atoms with van der Waals surface area (Å²) >= 11 is 0. The predicted molar refractivity (Wildman–Crippen MR) is 77.3 cm³/mol. The van der Waals surface area contributed by atoms with Crippen molar-refractivity contribution in [3.8, 4) is 5.88 Å². The topological polar surface area (TPSA) is 76.2 Å². The molecule has 7 nitrogen and oxygen atoms in total. The Morgan fingerprint density at radius 3 is 3.00 bits per heavy atom. The quantitative estimate of drug-likeness (QED) is 0.900. The SMILES string of the molecule is CCOc1cc(N2C[C@H](OC)CC2c2ncc[nH]2)ncn1. The number of H-pyrrole nitrogens is 1. The molecule has 3 rings (SSSR count). The maximum Gasteiger partial charge on any atom is 0.218 e. The van der Waals surface area contributed by atoms with Gasteiger partial charge in [-0.2, -0.15) is 0 Å². The number of anilines is 1. The number of aromatic nitrogens is 4. The monoisotopic (exact) mass is 289 g/mol. The van der Waals surface area contributed by atoms with Crippen LogP contribution in [0.15, 0.2) is 24.8 Å². The Labute approximate surface area is 123 Å². The van der Waals surface area contributed by atoms with Gasteiger partial charge in [-0.1, -0.05) is 0 Å². The van der Waals surface area contributed by atoms with Crippen LogP contribution in [0, 0.1) is 0 Å². The van der Waals surface area contributed by atoms with Crippen LogP contribution in [0.2, 0.25) is 0 Å². The molecule has 3 heterocycles. The number of methoxy groups -OCH3 is 1. The second kappa shape index (κ2) is 6.09. The fourth-order valence-electron chi connectivity index (χ4n) is 2.65. The number of rotatable bonds is 5. The van der Waals surface area contributed by atoms with Crippen LogP contribution in [0.5, 0.6) is 5.88 Å². The molecule has 0 radical (unpaired) electrons. The van der Waals surface area contributed by atoms with E-state index in [4.69, 9.17) is 9.47 Å². The van der Waals surface area contributed by atoms with Crippen molar-refractivity contribution in [3.63, 3.8) is 0 Å². The van der Waals surface area contributed by atoms with E-state index in [0.29, 0.717) is 12.5 Å². The highest BCUT2D eigenvalue weighted by molar-refractivity contribution is 5.44. The predicted octanol–water partition coefficient (Wildman–Crippen LogP) is 1.56. The third-order valence-corrected chi connectivity index (χ3v) is 3.65. The first kappa shape index (κ1) is 13.8. The Kier molecular flexibility index (Phi) is 4.01. The Balaban J connectivity index is 1.89. The highest BCUT2D eigenvalue weighted by Crippen LogP contribution is 2.35. The summed E-state index contributed by atoms with van der Waals surface area (Å²) in [6, 6.07) is 1.98. The normalized spacial score (nSPS) is 21.7. The molecule has 1 aliphatic heterocycles. The maximum atomic E-state index is 5.51. The van der Waals surface area contributed by atoms with Crippen molar-refractivity contribution in [3.05, 3.63) is 30.6 Å². The van der Waals surface area contributed by atoms with E-state index in [9.17, 15) is 0 Å². The number of aromatic amines is 1. The van der Waals surface area contributed by atoms with Crippen LogP contribution in [0.25, 0.3) is 0 Å². The lowest BCUT2D eigenvalue weighted by atomic mass is 10.2. The van der Waals surface area contributed by atoms with Gasteiger partial charge in [0.05, 0.1) is 18.8 Å². The summed E-state index contributed by atoms with van der Waals surface area (Å²) in [6.45, 7) is 3.29. The minimum Gasteiger partial charge on any atom is -0.478 e. The number of nitrogens with zero attached hydrogens (tertiary/aromatic N) is 4. The van der Waals surface area contributed by atoms with Gasteiger partial charge in [0.15, 0.2) is 0 Å². The van der Waals surface area contributed by atoms with Crippen LogP contribution in [-0.2, 0) is 4.74 Å². The van der Waals surface area contributed by atoms with Gasteiger partial charge in [0.2, 0.25) is 5.88 Å². The minimum atomic E-state index is 0.120. The van der Waals surface area contributed by atoms with Crippen molar-refractivity contribution in [1.82, 2.24) is 19.9 Å². The average Bonchev–Trinajstić information content (AvgIpc) is 3.17. The van der Waals surface area contributed by atoms with Crippen molar-refractivity contribution in [2.45, 2.75) is 25.5 Å². The lowest BCUT2D eigenvalue weighted by Gasteiger charge is -2.23. The summed E-state index contributed by atoms with van der Waals surface area (Å²) < 4.78 is 11.0. The standard InChI is InChI=1S/C14H19N5O2/c1-3-21-13-7-12(17-9-18-13)19-8-10(20-2)6-11(19)14-15-4-5-16-14/h4-5,7,9-11H,3,6,8H2,1-2H3,(H,15,16)/t10-,11?/m1/s1. The van der Waals surface area contributed by atoms with Gasteiger partial charge in [-0.25, -0.2) is 15.0 Å². The molecule has 2 aromatic heterocycles. The molecule has 1 aliphatic rings. The van der Waals surface area contributed by atoms with Gasteiger partial charge in [0, 0.05) is 38.5 Å². The zero-order chi connectivity index (χ0) is 14.7. The number of ether oxygens (including phenoxy) is 2. The Morgan fingerprint density at radius 2 is 2.29 bits per heavy atom. The molecule has 0 aromatic carbocycles. The van der Waals surface area contributed by atoms with Crippen molar-refractivity contribution in [2.24, 2.45) is 0 Å². The molecule has 0 amide bonds. The first-order chi connectivity index (χ1) is 10.3. The number of hydrogen-bond donors (Lipinski definition) is 1. The third kappa shape index (κ3) is 2.82. The van der Waals surface area contributed by atoms with Gasteiger partial charge < -0.3 is 19.4 Å². The van der Waals surface area contributed by atoms with E-state index in [1.54, 1.807) is 13.3 Å². The molecular weight excluding hydrogens is 270 g/mol. The van der Waals surface area contributed by atoms with Crippen LogP contribution in [0.1, 0.15) is 25.2 Å². The van der Waals surface area contributed by atoms with Crippen LogP contribution in [0.3, 0.4) is 0 Å². The molecule has 21 heavy (non-hydrogen) atoms. The minimum absolute atomic E-state index is 0.120. The van der Waals surface area contributed by atoms with E-state index in [-0.39, 0.29) is 12.1 Å². The second-order valence-electron chi connectivity index (χ2n) is 4.88. The zero-order valence-corrected chi connectivity index (χ0v) is 12.2. The van der Waals surface area contributed by atoms with Crippen molar-refractivity contribution in [1.29, 1.82) is 0 Å². The molecule has 0 bridgehead atoms. The van der Waals surface area contributed by atoms with Gasteiger partial charge in [0.25, 0.3) is 0 Å². The molecule has 1 N–H and O–H groups in total. The first-order valence-electron chi connectivity index (χ1n) is 7.05. The number of imidazole rings is 1.